The number of nitrogens with one attached hydrogen (secondary N) is 4. The number of hydrogen-bond donors (Lipinski definition) is 10. The molecule has 0 bridgehead atoms. The van der Waals surface area contributed by atoms with Gasteiger partial charge in [0.25, 0.3) is 0 Å². The van der Waals surface area contributed by atoms with Crippen LogP contribution in [0.25, 0.3) is 0 Å². The van der Waals surface area contributed by atoms with Crippen LogP contribution in [0.2, 0.25) is 0 Å². The van der Waals surface area contributed by atoms with Crippen molar-refractivity contribution in [3.8, 4) is 5.75 Å². The third kappa shape index (κ3) is 12.2. The number of rotatable bonds is 18. The van der Waals surface area contributed by atoms with E-state index in [1.807, 2.05) is 13.8 Å². The number of benzene rings is 1. The van der Waals surface area contributed by atoms with Gasteiger partial charge in [-0.05, 0) is 35.8 Å². The summed E-state index contributed by atoms with van der Waals surface area (Å²) in [6.45, 7) is 2.55. The van der Waals surface area contributed by atoms with Crippen molar-refractivity contribution in [2.45, 2.75) is 74.6 Å². The minimum atomic E-state index is -1.42. The number of hydrogen-bond acceptors (Lipinski definition) is 12. The molecule has 6 amide bonds. The van der Waals surface area contributed by atoms with E-state index in [4.69, 9.17) is 11.5 Å². The van der Waals surface area contributed by atoms with Crippen LogP contribution in [0.4, 0.5) is 0 Å². The molecule has 11 N–H and O–H groups in total. The molecule has 0 radical (unpaired) electrons. The second-order valence-corrected chi connectivity index (χ2v) is 13.2. The van der Waals surface area contributed by atoms with E-state index in [0.717, 1.165) is 0 Å². The topological polar surface area (TPSA) is 267 Å². The Morgan fingerprint density at radius 2 is 1.49 bits per heavy atom. The molecule has 1 aliphatic rings. The monoisotopic (exact) mass is 699 g/mol. The molecular formula is C29H45N7O9S2. The molecular weight excluding hydrogens is 654 g/mol. The van der Waals surface area contributed by atoms with Gasteiger partial charge in [-0.3, -0.25) is 28.8 Å². The number of aliphatic hydroxyl groups excluding tert-OH is 2. The number of thiol groups is 1. The molecule has 0 spiro atoms. The molecule has 1 aromatic carbocycles. The predicted octanol–water partition coefficient (Wildman–Crippen LogP) is -3.27. The molecule has 0 saturated carbocycles. The van der Waals surface area contributed by atoms with Crippen LogP contribution in [0.5, 0.6) is 5.75 Å². The van der Waals surface area contributed by atoms with E-state index < -0.39 is 84.9 Å². The first-order valence-electron chi connectivity index (χ1n) is 15.0. The summed E-state index contributed by atoms with van der Waals surface area (Å²) in [5.41, 5.74) is 11.7. The summed E-state index contributed by atoms with van der Waals surface area (Å²) in [6.07, 6.45) is 0.594. The van der Waals surface area contributed by atoms with Crippen LogP contribution in [-0.4, -0.2) is 128 Å². The first-order valence-corrected chi connectivity index (χ1v) is 16.7. The van der Waals surface area contributed by atoms with Crippen molar-refractivity contribution in [3.05, 3.63) is 29.8 Å². The molecule has 2 rings (SSSR count). The molecule has 18 heteroatoms. The Morgan fingerprint density at radius 3 is 2.04 bits per heavy atom. The van der Waals surface area contributed by atoms with Crippen molar-refractivity contribution in [2.24, 2.45) is 11.5 Å². The fraction of sp³-hybridized carbons (Fsp3) is 0.586. The number of amides is 6. The van der Waals surface area contributed by atoms with E-state index >= 15 is 0 Å². The van der Waals surface area contributed by atoms with Crippen LogP contribution in [0.1, 0.15) is 32.3 Å². The van der Waals surface area contributed by atoms with Crippen LogP contribution in [0.3, 0.4) is 0 Å². The Bertz CT molecular complexity index is 1250. The van der Waals surface area contributed by atoms with Gasteiger partial charge in [0.2, 0.25) is 35.4 Å². The zero-order valence-electron chi connectivity index (χ0n) is 26.3. The lowest BCUT2D eigenvalue weighted by molar-refractivity contribution is -0.143. The Labute approximate surface area is 282 Å². The van der Waals surface area contributed by atoms with Crippen molar-refractivity contribution >= 4 is 59.8 Å². The maximum atomic E-state index is 13.4. The minimum Gasteiger partial charge on any atom is -0.508 e. The number of aliphatic hydroxyl groups is 2. The summed E-state index contributed by atoms with van der Waals surface area (Å²) >= 11 is 5.64. The van der Waals surface area contributed by atoms with Gasteiger partial charge in [0, 0.05) is 24.5 Å². The Hall–Kier alpha value is -3.58. The highest BCUT2D eigenvalue weighted by molar-refractivity contribution is 7.99. The number of carbonyl (C=O) groups excluding carboxylic acids is 6. The average molecular weight is 700 g/mol. The number of phenolic OH excluding ortho intramolecular Hbond substituents is 1. The van der Waals surface area contributed by atoms with Crippen molar-refractivity contribution in [1.29, 1.82) is 0 Å². The first kappa shape index (κ1) is 39.6. The van der Waals surface area contributed by atoms with Crippen LogP contribution < -0.4 is 32.7 Å². The average Bonchev–Trinajstić information content (AvgIpc) is 3.53. The number of carbonyl (C=O) groups is 6. The quantitative estimate of drug-likeness (QED) is 0.0680. The van der Waals surface area contributed by atoms with Gasteiger partial charge < -0.3 is 53.0 Å². The number of primary amides is 1. The van der Waals surface area contributed by atoms with Gasteiger partial charge in [-0.1, -0.05) is 26.0 Å². The third-order valence-corrected chi connectivity index (χ3v) is 8.83. The smallest absolute Gasteiger partial charge is 0.248 e. The molecule has 47 heavy (non-hydrogen) atoms. The molecule has 262 valence electrons. The highest BCUT2D eigenvalue weighted by Crippen LogP contribution is 2.19. The Morgan fingerprint density at radius 1 is 0.915 bits per heavy atom. The number of nitrogens with two attached hydrogens (primary N) is 2. The standard InChI is InChI=1S/C29H45N7O9S2/c1-15(2)47-14-18(30)25(41)34-21(12-38)29(45)36-9-3-4-23(36)28(44)35-22(13-46)27(43)32-19(10-16-5-7-17(39)8-6-16)26(42)33-20(11-37)24(31)40/h5-8,15,18-23,37-39,46H,3-4,9-14,30H2,1-2H3,(H2,31,40)(H,32,43)(H,33,42)(H,34,41)(H,35,44)/t18-,19-,20-,21-,22-,23-/m0/s1. The van der Waals surface area contributed by atoms with Crippen molar-refractivity contribution in [2.75, 3.05) is 31.3 Å². The summed E-state index contributed by atoms with van der Waals surface area (Å²) in [5.74, 6) is -4.57. The van der Waals surface area contributed by atoms with Crippen molar-refractivity contribution < 1.29 is 44.1 Å². The summed E-state index contributed by atoms with van der Waals surface area (Å²) < 4.78 is 0. The first-order chi connectivity index (χ1) is 22.2. The fourth-order valence-corrected chi connectivity index (χ4v) is 5.63. The number of nitrogens with zero attached hydrogens (tertiary/aromatic N) is 1. The molecule has 1 aliphatic heterocycles. The Kier molecular flexibility index (Phi) is 16.3. The van der Waals surface area contributed by atoms with Gasteiger partial charge in [-0.25, -0.2) is 0 Å². The minimum absolute atomic E-state index is 0.0258. The number of thioether (sulfide) groups is 1. The zero-order chi connectivity index (χ0) is 35.3. The highest BCUT2D eigenvalue weighted by atomic mass is 32.2. The van der Waals surface area contributed by atoms with Gasteiger partial charge >= 0.3 is 0 Å². The molecule has 1 fully saturated rings. The molecule has 0 aliphatic carbocycles. The lowest BCUT2D eigenvalue weighted by atomic mass is 10.0. The van der Waals surface area contributed by atoms with Gasteiger partial charge in [0.05, 0.1) is 19.3 Å². The van der Waals surface area contributed by atoms with Crippen LogP contribution in [0.15, 0.2) is 24.3 Å². The summed E-state index contributed by atoms with van der Waals surface area (Å²) in [7, 11) is 0. The number of likely N-dealkylation sites (tertiary alicyclic amines) is 1. The second-order valence-electron chi connectivity index (χ2n) is 11.2. The summed E-state index contributed by atoms with van der Waals surface area (Å²) in [5, 5.41) is 38.9. The SMILES string of the molecule is CC(C)SC[C@H](N)C(=O)N[C@@H](CO)C(=O)N1CCC[C@H]1C(=O)N[C@@H](CS)C(=O)N[C@@H](Cc1ccc(O)cc1)C(=O)N[C@@H](CO)C(N)=O. The van der Waals surface area contributed by atoms with E-state index in [1.165, 1.54) is 40.9 Å². The molecule has 0 unspecified atom stereocenters. The molecule has 0 aromatic heterocycles. The maximum Gasteiger partial charge on any atom is 0.248 e. The fourth-order valence-electron chi connectivity index (χ4n) is 4.63. The molecule has 1 heterocycles. The predicted molar refractivity (Wildman–Crippen MR) is 177 cm³/mol. The van der Waals surface area contributed by atoms with Crippen molar-refractivity contribution in [3.63, 3.8) is 0 Å². The largest absolute Gasteiger partial charge is 0.508 e. The molecule has 6 atom stereocenters. The van der Waals surface area contributed by atoms with E-state index in [1.54, 1.807) is 0 Å². The van der Waals surface area contributed by atoms with Gasteiger partial charge in [0.1, 0.15) is 36.0 Å². The maximum absolute atomic E-state index is 13.4. The summed E-state index contributed by atoms with van der Waals surface area (Å²) in [4.78, 5) is 78.4. The Balaban J connectivity index is 2.14. The lowest BCUT2D eigenvalue weighted by Crippen LogP contribution is -2.60. The van der Waals surface area contributed by atoms with E-state index in [2.05, 4.69) is 33.9 Å². The van der Waals surface area contributed by atoms with Crippen LogP contribution >= 0.6 is 24.4 Å². The lowest BCUT2D eigenvalue weighted by Gasteiger charge is -2.29. The van der Waals surface area contributed by atoms with Crippen LogP contribution in [-0.2, 0) is 35.2 Å². The second kappa shape index (κ2) is 19.3. The van der Waals surface area contributed by atoms with Crippen LogP contribution in [0, 0.1) is 0 Å². The van der Waals surface area contributed by atoms with Gasteiger partial charge in [-0.15, -0.1) is 0 Å². The zero-order valence-corrected chi connectivity index (χ0v) is 28.0. The summed E-state index contributed by atoms with van der Waals surface area (Å²) in [6, 6.07) is -1.47. The van der Waals surface area contributed by atoms with Gasteiger partial charge in [0.15, 0.2) is 0 Å². The third-order valence-electron chi connectivity index (χ3n) is 7.25. The highest BCUT2D eigenvalue weighted by Gasteiger charge is 2.39. The van der Waals surface area contributed by atoms with Crippen molar-refractivity contribution in [1.82, 2.24) is 26.2 Å². The molecule has 16 nitrogen and oxygen atoms in total. The van der Waals surface area contributed by atoms with E-state index in [0.29, 0.717) is 17.7 Å². The van der Waals surface area contributed by atoms with E-state index in [-0.39, 0.29) is 36.1 Å². The molecule has 1 saturated heterocycles. The van der Waals surface area contributed by atoms with E-state index in [9.17, 15) is 44.1 Å². The number of aromatic hydroxyl groups is 1. The van der Waals surface area contributed by atoms with Gasteiger partial charge in [-0.2, -0.15) is 24.4 Å². The number of phenols is 1. The normalized spacial score (nSPS) is 17.6. The molecule has 1 aromatic rings.